The Hall–Kier alpha value is -1.10. The zero-order chi connectivity index (χ0) is 14.1. The summed E-state index contributed by atoms with van der Waals surface area (Å²) >= 11 is 0. The van der Waals surface area contributed by atoms with E-state index in [0.717, 1.165) is 38.2 Å². The Morgan fingerprint density at radius 1 is 1.10 bits per heavy atom. The van der Waals surface area contributed by atoms with E-state index >= 15 is 0 Å². The van der Waals surface area contributed by atoms with Crippen molar-refractivity contribution in [1.29, 1.82) is 0 Å². The summed E-state index contributed by atoms with van der Waals surface area (Å²) in [5.41, 5.74) is 2.37. The fourth-order valence-corrected chi connectivity index (χ4v) is 2.99. The standard InChI is InChI=1S/C16H24N4.ClH/c1-13(2)20-15-7-5-4-6-14(15)17-16(20)12-19-10-8-18(3)9-11-19;/h4-7,13H,8-12H2,1-3H3;1H. The van der Waals surface area contributed by atoms with Gasteiger partial charge in [-0.2, -0.15) is 0 Å². The number of benzene rings is 1. The molecule has 0 radical (unpaired) electrons. The van der Waals surface area contributed by atoms with E-state index in [1.165, 1.54) is 11.3 Å². The maximum atomic E-state index is 4.85. The Labute approximate surface area is 133 Å². The van der Waals surface area contributed by atoms with Gasteiger partial charge in [-0.25, -0.2) is 4.98 Å². The largest absolute Gasteiger partial charge is 0.324 e. The smallest absolute Gasteiger partial charge is 0.124 e. The van der Waals surface area contributed by atoms with Crippen LogP contribution in [0.2, 0.25) is 0 Å². The number of para-hydroxylation sites is 2. The van der Waals surface area contributed by atoms with E-state index in [-0.39, 0.29) is 12.4 Å². The maximum Gasteiger partial charge on any atom is 0.124 e. The second-order valence-corrected chi connectivity index (χ2v) is 6.06. The lowest BCUT2D eigenvalue weighted by Crippen LogP contribution is -2.44. The summed E-state index contributed by atoms with van der Waals surface area (Å²) in [6.07, 6.45) is 0. The van der Waals surface area contributed by atoms with Crippen LogP contribution < -0.4 is 0 Å². The normalized spacial score (nSPS) is 17.3. The number of hydrogen-bond acceptors (Lipinski definition) is 3. The van der Waals surface area contributed by atoms with Crippen LogP contribution >= 0.6 is 12.4 Å². The minimum absolute atomic E-state index is 0. The summed E-state index contributed by atoms with van der Waals surface area (Å²) in [5, 5.41) is 0. The molecule has 0 N–H and O–H groups in total. The van der Waals surface area contributed by atoms with Crippen molar-refractivity contribution in [3.8, 4) is 0 Å². The number of aromatic nitrogens is 2. The molecule has 3 rings (SSSR count). The quantitative estimate of drug-likeness (QED) is 0.871. The number of imidazole rings is 1. The van der Waals surface area contributed by atoms with Gasteiger partial charge < -0.3 is 9.47 Å². The Morgan fingerprint density at radius 3 is 2.43 bits per heavy atom. The minimum Gasteiger partial charge on any atom is -0.324 e. The van der Waals surface area contributed by atoms with Crippen LogP contribution in [0.3, 0.4) is 0 Å². The fourth-order valence-electron chi connectivity index (χ4n) is 2.99. The van der Waals surface area contributed by atoms with Gasteiger partial charge in [-0.3, -0.25) is 4.90 Å². The molecule has 1 aliphatic rings. The zero-order valence-electron chi connectivity index (χ0n) is 13.1. The molecule has 1 saturated heterocycles. The maximum absolute atomic E-state index is 4.85. The number of nitrogens with zero attached hydrogens (tertiary/aromatic N) is 4. The molecule has 0 bridgehead atoms. The molecule has 1 fully saturated rings. The van der Waals surface area contributed by atoms with Crippen LogP contribution in [-0.4, -0.2) is 52.6 Å². The van der Waals surface area contributed by atoms with E-state index in [2.05, 4.69) is 59.5 Å². The number of hydrogen-bond donors (Lipinski definition) is 0. The Balaban J connectivity index is 0.00000161. The molecule has 5 heteroatoms. The second-order valence-electron chi connectivity index (χ2n) is 6.06. The average Bonchev–Trinajstić information content (AvgIpc) is 2.79. The molecule has 0 atom stereocenters. The van der Waals surface area contributed by atoms with E-state index < -0.39 is 0 Å². The van der Waals surface area contributed by atoms with Gasteiger partial charge in [0.25, 0.3) is 0 Å². The van der Waals surface area contributed by atoms with Crippen molar-refractivity contribution in [3.05, 3.63) is 30.1 Å². The van der Waals surface area contributed by atoms with E-state index in [9.17, 15) is 0 Å². The fraction of sp³-hybridized carbons (Fsp3) is 0.562. The summed E-state index contributed by atoms with van der Waals surface area (Å²) in [6.45, 7) is 10.0. The van der Waals surface area contributed by atoms with Crippen molar-refractivity contribution in [2.45, 2.75) is 26.4 Å². The molecule has 4 nitrogen and oxygen atoms in total. The lowest BCUT2D eigenvalue weighted by molar-refractivity contribution is 0.144. The third kappa shape index (κ3) is 3.39. The van der Waals surface area contributed by atoms with Gasteiger partial charge in [-0.05, 0) is 33.0 Å². The zero-order valence-corrected chi connectivity index (χ0v) is 13.9. The molecule has 2 heterocycles. The van der Waals surface area contributed by atoms with Gasteiger partial charge in [-0.1, -0.05) is 12.1 Å². The highest BCUT2D eigenvalue weighted by Crippen LogP contribution is 2.22. The van der Waals surface area contributed by atoms with E-state index in [1.807, 2.05) is 0 Å². The van der Waals surface area contributed by atoms with Gasteiger partial charge >= 0.3 is 0 Å². The SMILES string of the molecule is CC(C)n1c(CN2CCN(C)CC2)nc2ccccc21.Cl. The monoisotopic (exact) mass is 308 g/mol. The van der Waals surface area contributed by atoms with Gasteiger partial charge in [0.05, 0.1) is 17.6 Å². The minimum atomic E-state index is 0. The first-order chi connectivity index (χ1) is 9.65. The van der Waals surface area contributed by atoms with E-state index in [1.54, 1.807) is 0 Å². The molecule has 21 heavy (non-hydrogen) atoms. The van der Waals surface area contributed by atoms with Gasteiger partial charge in [0.15, 0.2) is 0 Å². The Morgan fingerprint density at radius 2 is 1.76 bits per heavy atom. The molecule has 0 unspecified atom stereocenters. The highest BCUT2D eigenvalue weighted by Gasteiger charge is 2.18. The van der Waals surface area contributed by atoms with Crippen LogP contribution in [0, 0.1) is 0 Å². The average molecular weight is 309 g/mol. The molecular weight excluding hydrogens is 284 g/mol. The van der Waals surface area contributed by atoms with Crippen molar-refractivity contribution < 1.29 is 0 Å². The molecule has 0 spiro atoms. The molecule has 1 aliphatic heterocycles. The van der Waals surface area contributed by atoms with Crippen molar-refractivity contribution >= 4 is 23.4 Å². The number of piperazine rings is 1. The summed E-state index contributed by atoms with van der Waals surface area (Å²) in [6, 6.07) is 8.91. The molecular formula is C16H25ClN4. The van der Waals surface area contributed by atoms with Crippen LogP contribution in [0.1, 0.15) is 25.7 Å². The van der Waals surface area contributed by atoms with Crippen LogP contribution in [-0.2, 0) is 6.54 Å². The summed E-state index contributed by atoms with van der Waals surface area (Å²) in [7, 11) is 2.20. The van der Waals surface area contributed by atoms with Gasteiger partial charge in [0, 0.05) is 32.2 Å². The summed E-state index contributed by atoms with van der Waals surface area (Å²) in [4.78, 5) is 9.76. The topological polar surface area (TPSA) is 24.3 Å². The van der Waals surface area contributed by atoms with Gasteiger partial charge in [0.2, 0.25) is 0 Å². The summed E-state index contributed by atoms with van der Waals surface area (Å²) < 4.78 is 2.38. The van der Waals surface area contributed by atoms with Crippen molar-refractivity contribution in [2.75, 3.05) is 33.2 Å². The predicted octanol–water partition coefficient (Wildman–Crippen LogP) is 2.79. The molecule has 0 amide bonds. The van der Waals surface area contributed by atoms with Crippen LogP contribution in [0.4, 0.5) is 0 Å². The molecule has 1 aromatic carbocycles. The lowest BCUT2D eigenvalue weighted by atomic mass is 10.3. The number of rotatable bonds is 3. The Kier molecular flexibility index (Phi) is 5.25. The number of likely N-dealkylation sites (N-methyl/N-ethyl adjacent to an activating group) is 1. The third-order valence-electron chi connectivity index (χ3n) is 4.15. The first-order valence-electron chi connectivity index (χ1n) is 7.52. The summed E-state index contributed by atoms with van der Waals surface area (Å²) in [5.74, 6) is 1.20. The highest BCUT2D eigenvalue weighted by atomic mass is 35.5. The van der Waals surface area contributed by atoms with Crippen LogP contribution in [0.25, 0.3) is 11.0 Å². The Bertz CT molecular complexity index is 585. The first-order valence-corrected chi connectivity index (χ1v) is 7.52. The first kappa shape index (κ1) is 16.3. The lowest BCUT2D eigenvalue weighted by Gasteiger charge is -2.32. The molecule has 1 aromatic heterocycles. The van der Waals surface area contributed by atoms with Crippen LogP contribution in [0.5, 0.6) is 0 Å². The van der Waals surface area contributed by atoms with Crippen molar-refractivity contribution in [3.63, 3.8) is 0 Å². The van der Waals surface area contributed by atoms with E-state index in [0.29, 0.717) is 6.04 Å². The van der Waals surface area contributed by atoms with Gasteiger partial charge in [-0.15, -0.1) is 12.4 Å². The van der Waals surface area contributed by atoms with Crippen LogP contribution in [0.15, 0.2) is 24.3 Å². The van der Waals surface area contributed by atoms with E-state index in [4.69, 9.17) is 4.98 Å². The number of fused-ring (bicyclic) bond motifs is 1. The van der Waals surface area contributed by atoms with Crippen molar-refractivity contribution in [2.24, 2.45) is 0 Å². The molecule has 116 valence electrons. The highest BCUT2D eigenvalue weighted by molar-refractivity contribution is 5.85. The van der Waals surface area contributed by atoms with Crippen molar-refractivity contribution in [1.82, 2.24) is 19.4 Å². The number of halogens is 1. The predicted molar refractivity (Wildman–Crippen MR) is 90.1 cm³/mol. The third-order valence-corrected chi connectivity index (χ3v) is 4.15. The second kappa shape index (κ2) is 6.77. The van der Waals surface area contributed by atoms with Gasteiger partial charge in [0.1, 0.15) is 5.82 Å². The molecule has 0 aliphatic carbocycles. The molecule has 2 aromatic rings. The molecule has 0 saturated carbocycles.